The third-order valence-corrected chi connectivity index (χ3v) is 2.94. The number of aromatic nitrogens is 1. The van der Waals surface area contributed by atoms with Crippen molar-refractivity contribution >= 4 is 17.3 Å². The first-order valence-corrected chi connectivity index (χ1v) is 5.89. The van der Waals surface area contributed by atoms with Crippen LogP contribution in [0.25, 0.3) is 0 Å². The minimum atomic E-state index is -0.727. The topological polar surface area (TPSA) is 37.0 Å². The van der Waals surface area contributed by atoms with E-state index >= 15 is 0 Å². The first kappa shape index (κ1) is 13.3. The number of nitrogens with zero attached hydrogens (tertiary/aromatic N) is 1. The Labute approximate surface area is 110 Å². The smallest absolute Gasteiger partial charge is 0.169 e. The van der Waals surface area contributed by atoms with Crippen LogP contribution in [0.4, 0.5) is 26.1 Å². The van der Waals surface area contributed by atoms with Gasteiger partial charge in [-0.3, -0.25) is 0 Å². The molecule has 0 spiro atoms. The van der Waals surface area contributed by atoms with Crippen LogP contribution in [0.5, 0.6) is 0 Å². The molecule has 3 nitrogen and oxygen atoms in total. The van der Waals surface area contributed by atoms with Gasteiger partial charge in [0.1, 0.15) is 0 Å². The molecule has 0 amide bonds. The fraction of sp³-hybridized carbons (Fsp3) is 0.214. The average Bonchev–Trinajstić information content (AvgIpc) is 2.37. The normalized spacial score (nSPS) is 10.4. The van der Waals surface area contributed by atoms with E-state index < -0.39 is 11.6 Å². The largest absolute Gasteiger partial charge is 0.371 e. The zero-order chi connectivity index (χ0) is 14.0. The van der Waals surface area contributed by atoms with Gasteiger partial charge in [0.2, 0.25) is 0 Å². The van der Waals surface area contributed by atoms with Crippen molar-refractivity contribution in [1.82, 2.24) is 4.98 Å². The predicted octanol–water partition coefficient (Wildman–Crippen LogP) is 3.76. The molecule has 1 aromatic heterocycles. The number of pyridine rings is 1. The van der Waals surface area contributed by atoms with Crippen LogP contribution in [0.15, 0.2) is 24.3 Å². The summed E-state index contributed by atoms with van der Waals surface area (Å²) in [7, 11) is 1.53. The van der Waals surface area contributed by atoms with Gasteiger partial charge in [0, 0.05) is 18.8 Å². The van der Waals surface area contributed by atoms with Crippen molar-refractivity contribution in [3.05, 3.63) is 47.0 Å². The van der Waals surface area contributed by atoms with Gasteiger partial charge in [-0.05, 0) is 37.1 Å². The third-order valence-electron chi connectivity index (χ3n) is 2.94. The Kier molecular flexibility index (Phi) is 3.64. The molecule has 2 aromatic rings. The molecule has 0 aliphatic rings. The molecule has 19 heavy (non-hydrogen) atoms. The number of hydrogen-bond acceptors (Lipinski definition) is 3. The van der Waals surface area contributed by atoms with E-state index in [0.29, 0.717) is 5.69 Å². The Bertz CT molecular complexity index is 612. The number of anilines is 3. The molecule has 0 unspecified atom stereocenters. The lowest BCUT2D eigenvalue weighted by Gasteiger charge is -2.10. The highest BCUT2D eigenvalue weighted by molar-refractivity contribution is 5.60. The molecular formula is C14H15F2N3. The van der Waals surface area contributed by atoms with E-state index in [1.165, 1.54) is 7.05 Å². The summed E-state index contributed by atoms with van der Waals surface area (Å²) >= 11 is 0. The summed E-state index contributed by atoms with van der Waals surface area (Å²) in [6.45, 7) is 3.96. The van der Waals surface area contributed by atoms with Crippen LogP contribution >= 0.6 is 0 Å². The summed E-state index contributed by atoms with van der Waals surface area (Å²) in [4.78, 5) is 3.87. The van der Waals surface area contributed by atoms with Gasteiger partial charge in [0.25, 0.3) is 0 Å². The van der Waals surface area contributed by atoms with Gasteiger partial charge in [0.05, 0.1) is 0 Å². The van der Waals surface area contributed by atoms with Crippen LogP contribution in [0, 0.1) is 25.5 Å². The van der Waals surface area contributed by atoms with E-state index in [-0.39, 0.29) is 11.6 Å². The lowest BCUT2D eigenvalue weighted by molar-refractivity contribution is 0.580. The van der Waals surface area contributed by atoms with Crippen molar-refractivity contribution < 1.29 is 8.78 Å². The zero-order valence-corrected chi connectivity index (χ0v) is 11.0. The maximum absolute atomic E-state index is 13.6. The number of aryl methyl sites for hydroxylation is 2. The summed E-state index contributed by atoms with van der Waals surface area (Å²) in [6.07, 6.45) is 0. The number of hydrogen-bond donors (Lipinski definition) is 2. The van der Waals surface area contributed by atoms with Crippen LogP contribution in [-0.2, 0) is 0 Å². The van der Waals surface area contributed by atoms with Gasteiger partial charge in [-0.15, -0.1) is 0 Å². The average molecular weight is 263 g/mol. The molecule has 5 heteroatoms. The Balaban J connectivity index is 2.34. The van der Waals surface area contributed by atoms with Crippen LogP contribution in [0.2, 0.25) is 0 Å². The fourth-order valence-electron chi connectivity index (χ4n) is 1.69. The molecule has 0 saturated heterocycles. The van der Waals surface area contributed by atoms with E-state index in [1.54, 1.807) is 0 Å². The monoisotopic (exact) mass is 263 g/mol. The first-order chi connectivity index (χ1) is 9.01. The molecule has 1 heterocycles. The van der Waals surface area contributed by atoms with Crippen LogP contribution < -0.4 is 10.6 Å². The molecular weight excluding hydrogens is 248 g/mol. The summed E-state index contributed by atoms with van der Waals surface area (Å²) in [6, 6.07) is 6.45. The van der Waals surface area contributed by atoms with Crippen LogP contribution in [0.1, 0.15) is 11.1 Å². The Morgan fingerprint density at radius 1 is 0.947 bits per heavy atom. The van der Waals surface area contributed by atoms with Crippen LogP contribution in [0.3, 0.4) is 0 Å². The number of rotatable bonds is 3. The molecule has 0 fully saturated rings. The minimum Gasteiger partial charge on any atom is -0.371 e. The second-order valence-corrected chi connectivity index (χ2v) is 4.32. The highest BCUT2D eigenvalue weighted by Crippen LogP contribution is 2.23. The van der Waals surface area contributed by atoms with E-state index in [1.807, 2.05) is 32.0 Å². The van der Waals surface area contributed by atoms with E-state index in [0.717, 1.165) is 17.2 Å². The van der Waals surface area contributed by atoms with Gasteiger partial charge in [0.15, 0.2) is 23.3 Å². The van der Waals surface area contributed by atoms with Gasteiger partial charge >= 0.3 is 0 Å². The van der Waals surface area contributed by atoms with Gasteiger partial charge in [-0.1, -0.05) is 6.07 Å². The van der Waals surface area contributed by atoms with Crippen LogP contribution in [-0.4, -0.2) is 12.0 Å². The van der Waals surface area contributed by atoms with Gasteiger partial charge in [-0.2, -0.15) is 0 Å². The molecule has 0 radical (unpaired) electrons. The van der Waals surface area contributed by atoms with Gasteiger partial charge < -0.3 is 10.6 Å². The number of halogens is 2. The molecule has 0 saturated carbocycles. The molecule has 0 bridgehead atoms. The molecule has 0 aliphatic heterocycles. The lowest BCUT2D eigenvalue weighted by atomic mass is 10.1. The SMILES string of the molecule is CNc1nc(Nc2ccc(C)c(C)c2)c(F)cc1F. The highest BCUT2D eigenvalue weighted by atomic mass is 19.1. The standard InChI is InChI=1S/C14H15F2N3/c1-8-4-5-10(6-9(8)2)18-14-12(16)7-11(15)13(17-3)19-14/h4-7H,1-3H3,(H2,17,18,19). The summed E-state index contributed by atoms with van der Waals surface area (Å²) in [5, 5.41) is 5.43. The van der Waals surface area contributed by atoms with Crippen molar-refractivity contribution in [1.29, 1.82) is 0 Å². The predicted molar refractivity (Wildman–Crippen MR) is 72.9 cm³/mol. The third kappa shape index (κ3) is 2.81. The summed E-state index contributed by atoms with van der Waals surface area (Å²) in [5.41, 5.74) is 2.94. The Hall–Kier alpha value is -2.17. The Morgan fingerprint density at radius 2 is 1.63 bits per heavy atom. The fourth-order valence-corrected chi connectivity index (χ4v) is 1.69. The second-order valence-electron chi connectivity index (χ2n) is 4.32. The maximum Gasteiger partial charge on any atom is 0.169 e. The van der Waals surface area contributed by atoms with Gasteiger partial charge in [-0.25, -0.2) is 13.8 Å². The maximum atomic E-state index is 13.6. The molecule has 100 valence electrons. The van der Waals surface area contributed by atoms with Crippen molar-refractivity contribution in [2.75, 3.05) is 17.7 Å². The minimum absolute atomic E-state index is 0.00555. The number of benzene rings is 1. The van der Waals surface area contributed by atoms with E-state index in [2.05, 4.69) is 15.6 Å². The quantitative estimate of drug-likeness (QED) is 0.885. The molecule has 0 atom stereocenters. The summed E-state index contributed by atoms with van der Waals surface area (Å²) in [5.74, 6) is -1.44. The first-order valence-electron chi connectivity index (χ1n) is 5.89. The molecule has 1 aromatic carbocycles. The van der Waals surface area contributed by atoms with E-state index in [9.17, 15) is 8.78 Å². The van der Waals surface area contributed by atoms with Crippen molar-refractivity contribution in [2.24, 2.45) is 0 Å². The number of nitrogens with one attached hydrogen (secondary N) is 2. The second kappa shape index (κ2) is 5.22. The highest BCUT2D eigenvalue weighted by Gasteiger charge is 2.11. The lowest BCUT2D eigenvalue weighted by Crippen LogP contribution is -2.03. The van der Waals surface area contributed by atoms with Crippen molar-refractivity contribution in [2.45, 2.75) is 13.8 Å². The van der Waals surface area contributed by atoms with Crippen molar-refractivity contribution in [3.63, 3.8) is 0 Å². The molecule has 2 rings (SSSR count). The molecule has 2 N–H and O–H groups in total. The van der Waals surface area contributed by atoms with Crippen molar-refractivity contribution in [3.8, 4) is 0 Å². The zero-order valence-electron chi connectivity index (χ0n) is 11.0. The van der Waals surface area contributed by atoms with E-state index in [4.69, 9.17) is 0 Å². The molecule has 0 aliphatic carbocycles. The summed E-state index contributed by atoms with van der Waals surface area (Å²) < 4.78 is 26.9. The Morgan fingerprint density at radius 3 is 2.26 bits per heavy atom.